The van der Waals surface area contributed by atoms with E-state index in [1.807, 2.05) is 24.5 Å². The van der Waals surface area contributed by atoms with E-state index in [2.05, 4.69) is 15.4 Å². The van der Waals surface area contributed by atoms with Crippen LogP contribution < -0.4 is 5.32 Å². The lowest BCUT2D eigenvalue weighted by Crippen LogP contribution is -2.13. The van der Waals surface area contributed by atoms with Gasteiger partial charge in [0.25, 0.3) is 0 Å². The predicted octanol–water partition coefficient (Wildman–Crippen LogP) is 4.60. The van der Waals surface area contributed by atoms with Crippen molar-refractivity contribution in [3.63, 3.8) is 0 Å². The Bertz CT molecular complexity index is 1220. The third-order valence-corrected chi connectivity index (χ3v) is 5.27. The highest BCUT2D eigenvalue weighted by molar-refractivity contribution is 7.98. The first-order chi connectivity index (χ1) is 14.6. The fraction of sp³-hybridized carbons (Fsp3) is 0.182. The van der Waals surface area contributed by atoms with E-state index >= 15 is 0 Å². The van der Waals surface area contributed by atoms with Gasteiger partial charge in [0.05, 0.1) is 5.69 Å². The maximum Gasteiger partial charge on any atom is 0.226 e. The van der Waals surface area contributed by atoms with Crippen LogP contribution in [0.1, 0.15) is 12.0 Å². The fourth-order valence-electron chi connectivity index (χ4n) is 3.19. The number of anilines is 1. The summed E-state index contributed by atoms with van der Waals surface area (Å²) < 4.78 is 15.6. The van der Waals surface area contributed by atoms with Crippen molar-refractivity contribution >= 4 is 29.1 Å². The van der Waals surface area contributed by atoms with Crippen molar-refractivity contribution in [2.24, 2.45) is 0 Å². The van der Waals surface area contributed by atoms with Gasteiger partial charge in [-0.3, -0.25) is 4.79 Å². The number of benzene rings is 1. The van der Waals surface area contributed by atoms with Crippen molar-refractivity contribution in [3.05, 3.63) is 66.2 Å². The molecule has 0 atom stereocenters. The number of aryl methyl sites for hydroxylation is 1. The molecular formula is C22H20FN5OS. The number of nitrogens with one attached hydrogen (secondary N) is 1. The van der Waals surface area contributed by atoms with Gasteiger partial charge in [0.15, 0.2) is 5.65 Å². The van der Waals surface area contributed by atoms with Gasteiger partial charge in [-0.15, -0.1) is 0 Å². The number of hydrogen-bond donors (Lipinski definition) is 1. The normalized spacial score (nSPS) is 11.0. The Kier molecular flexibility index (Phi) is 5.76. The first kappa shape index (κ1) is 20.0. The second-order valence-electron chi connectivity index (χ2n) is 6.79. The lowest BCUT2D eigenvalue weighted by atomic mass is 10.0. The highest BCUT2D eigenvalue weighted by atomic mass is 32.2. The number of pyridine rings is 1. The quantitative estimate of drug-likeness (QED) is 0.493. The van der Waals surface area contributed by atoms with Crippen molar-refractivity contribution in [2.75, 3.05) is 17.3 Å². The number of aromatic nitrogens is 4. The molecule has 0 saturated carbocycles. The smallest absolute Gasteiger partial charge is 0.226 e. The molecule has 30 heavy (non-hydrogen) atoms. The number of hydrogen-bond acceptors (Lipinski definition) is 5. The molecule has 152 valence electrons. The highest BCUT2D eigenvalue weighted by Crippen LogP contribution is 2.33. The molecule has 0 fully saturated rings. The largest absolute Gasteiger partial charge is 0.311 e. The van der Waals surface area contributed by atoms with Gasteiger partial charge < -0.3 is 5.32 Å². The van der Waals surface area contributed by atoms with Crippen molar-refractivity contribution < 1.29 is 9.18 Å². The fourth-order valence-corrected chi connectivity index (χ4v) is 3.58. The monoisotopic (exact) mass is 421 g/mol. The van der Waals surface area contributed by atoms with Crippen LogP contribution in [0.25, 0.3) is 28.2 Å². The second kappa shape index (κ2) is 8.62. The minimum absolute atomic E-state index is 0.0837. The molecule has 0 spiro atoms. The van der Waals surface area contributed by atoms with Crippen molar-refractivity contribution in [1.82, 2.24) is 19.6 Å². The van der Waals surface area contributed by atoms with Gasteiger partial charge in [-0.2, -0.15) is 16.9 Å². The van der Waals surface area contributed by atoms with Gasteiger partial charge in [-0.05, 0) is 61.2 Å². The summed E-state index contributed by atoms with van der Waals surface area (Å²) in [6.07, 6.45) is 5.71. The number of halogens is 1. The van der Waals surface area contributed by atoms with E-state index in [0.29, 0.717) is 29.1 Å². The lowest BCUT2D eigenvalue weighted by Gasteiger charge is -2.09. The Morgan fingerprint density at radius 1 is 1.17 bits per heavy atom. The Balaban J connectivity index is 1.81. The molecule has 0 bridgehead atoms. The molecule has 1 N–H and O–H groups in total. The summed E-state index contributed by atoms with van der Waals surface area (Å²) in [7, 11) is 0. The molecule has 3 aromatic heterocycles. The number of rotatable bonds is 6. The van der Waals surface area contributed by atoms with Crippen LogP contribution in [0.15, 0.2) is 54.9 Å². The maximum absolute atomic E-state index is 13.8. The van der Waals surface area contributed by atoms with Crippen LogP contribution in [0.5, 0.6) is 0 Å². The van der Waals surface area contributed by atoms with E-state index < -0.39 is 0 Å². The topological polar surface area (TPSA) is 72.2 Å². The molecule has 1 amide bonds. The number of thioether (sulfide) groups is 1. The molecule has 4 aromatic rings. The third kappa shape index (κ3) is 4.04. The van der Waals surface area contributed by atoms with E-state index in [0.717, 1.165) is 22.6 Å². The Hall–Kier alpha value is -3.26. The van der Waals surface area contributed by atoms with Gasteiger partial charge in [0.2, 0.25) is 5.91 Å². The van der Waals surface area contributed by atoms with Gasteiger partial charge in [0.1, 0.15) is 17.3 Å². The van der Waals surface area contributed by atoms with Crippen LogP contribution in [-0.4, -0.2) is 37.5 Å². The van der Waals surface area contributed by atoms with E-state index in [1.165, 1.54) is 6.07 Å². The third-order valence-electron chi connectivity index (χ3n) is 4.66. The molecule has 1 aromatic carbocycles. The van der Waals surface area contributed by atoms with Gasteiger partial charge in [-0.1, -0.05) is 0 Å². The maximum atomic E-state index is 13.8. The van der Waals surface area contributed by atoms with E-state index in [-0.39, 0.29) is 11.7 Å². The number of fused-ring (bicyclic) bond motifs is 1. The lowest BCUT2D eigenvalue weighted by molar-refractivity contribution is -0.115. The summed E-state index contributed by atoms with van der Waals surface area (Å²) >= 11 is 1.62. The standard InChI is InChI=1S/C22H20FN5OS/c1-14-12-15(5-6-17(14)23)21-22(28-19(27-21)4-3-9-25-28)16-7-10-24-18(13-16)26-20(29)8-11-30-2/h3-7,9-10,12-13H,8,11H2,1-2H3,(H,24,26,29). The SMILES string of the molecule is CSCCC(=O)Nc1cc(-c2c(-c3ccc(F)c(C)c3)nc3cccnn23)ccn1. The summed E-state index contributed by atoms with van der Waals surface area (Å²) in [5.41, 5.74) is 4.23. The van der Waals surface area contributed by atoms with Crippen LogP contribution in [0.2, 0.25) is 0 Å². The van der Waals surface area contributed by atoms with Crippen LogP contribution in [0.4, 0.5) is 10.2 Å². The van der Waals surface area contributed by atoms with Crippen LogP contribution in [0, 0.1) is 12.7 Å². The second-order valence-corrected chi connectivity index (χ2v) is 7.77. The number of carbonyl (C=O) groups excluding carboxylic acids is 1. The zero-order valence-corrected chi connectivity index (χ0v) is 17.4. The molecule has 6 nitrogen and oxygen atoms in total. The molecule has 0 unspecified atom stereocenters. The van der Waals surface area contributed by atoms with E-state index in [1.54, 1.807) is 53.8 Å². The Morgan fingerprint density at radius 3 is 2.83 bits per heavy atom. The summed E-state index contributed by atoms with van der Waals surface area (Å²) in [4.78, 5) is 21.1. The summed E-state index contributed by atoms with van der Waals surface area (Å²) in [6.45, 7) is 1.72. The molecule has 8 heteroatoms. The average molecular weight is 422 g/mol. The number of imidazole rings is 1. The molecular weight excluding hydrogens is 401 g/mol. The summed E-state index contributed by atoms with van der Waals surface area (Å²) in [5.74, 6) is 0.864. The minimum Gasteiger partial charge on any atom is -0.311 e. The van der Waals surface area contributed by atoms with Crippen LogP contribution in [-0.2, 0) is 4.79 Å². The van der Waals surface area contributed by atoms with Gasteiger partial charge >= 0.3 is 0 Å². The molecule has 4 rings (SSSR count). The predicted molar refractivity (Wildman–Crippen MR) is 118 cm³/mol. The zero-order chi connectivity index (χ0) is 21.1. The van der Waals surface area contributed by atoms with Gasteiger partial charge in [-0.25, -0.2) is 18.9 Å². The molecule has 0 aliphatic carbocycles. The number of nitrogens with zero attached hydrogens (tertiary/aromatic N) is 4. The van der Waals surface area contributed by atoms with Crippen molar-refractivity contribution in [2.45, 2.75) is 13.3 Å². The van der Waals surface area contributed by atoms with Crippen LogP contribution >= 0.6 is 11.8 Å². The Morgan fingerprint density at radius 2 is 2.03 bits per heavy atom. The summed E-state index contributed by atoms with van der Waals surface area (Å²) in [6, 6.07) is 12.2. The van der Waals surface area contributed by atoms with Gasteiger partial charge in [0, 0.05) is 35.7 Å². The molecule has 0 saturated heterocycles. The summed E-state index contributed by atoms with van der Waals surface area (Å²) in [5, 5.41) is 7.28. The molecule has 3 heterocycles. The molecule has 0 aliphatic rings. The van der Waals surface area contributed by atoms with Crippen molar-refractivity contribution in [3.8, 4) is 22.5 Å². The zero-order valence-electron chi connectivity index (χ0n) is 16.6. The molecule has 0 aliphatic heterocycles. The number of carbonyl (C=O) groups is 1. The average Bonchev–Trinajstić information content (AvgIpc) is 3.14. The first-order valence-electron chi connectivity index (χ1n) is 9.42. The Labute approximate surface area is 177 Å². The van der Waals surface area contributed by atoms with Crippen LogP contribution in [0.3, 0.4) is 0 Å². The van der Waals surface area contributed by atoms with E-state index in [9.17, 15) is 9.18 Å². The van der Waals surface area contributed by atoms with Crippen molar-refractivity contribution in [1.29, 1.82) is 0 Å². The van der Waals surface area contributed by atoms with E-state index in [4.69, 9.17) is 4.98 Å². The number of amides is 1. The highest BCUT2D eigenvalue weighted by Gasteiger charge is 2.18. The molecule has 0 radical (unpaired) electrons. The minimum atomic E-state index is -0.263. The first-order valence-corrected chi connectivity index (χ1v) is 10.8.